The molecule has 0 radical (unpaired) electrons. The summed E-state index contributed by atoms with van der Waals surface area (Å²) in [6.07, 6.45) is 4.38. The number of carbonyl (C=O) groups excluding carboxylic acids is 2. The van der Waals surface area contributed by atoms with E-state index in [9.17, 15) is 24.3 Å². The van der Waals surface area contributed by atoms with Crippen LogP contribution in [0.2, 0.25) is 0 Å². The fourth-order valence-electron chi connectivity index (χ4n) is 4.55. The van der Waals surface area contributed by atoms with Crippen LogP contribution in [0.5, 0.6) is 0 Å². The number of pyridine rings is 1. The molecule has 1 saturated carbocycles. The van der Waals surface area contributed by atoms with E-state index in [1.807, 2.05) is 0 Å². The van der Waals surface area contributed by atoms with Crippen molar-refractivity contribution in [3.63, 3.8) is 0 Å². The van der Waals surface area contributed by atoms with Crippen molar-refractivity contribution < 1.29 is 37.7 Å². The molecule has 0 amide bonds. The molecule has 2 heterocycles. The lowest BCUT2D eigenvalue weighted by atomic mass is 9.92. The van der Waals surface area contributed by atoms with Crippen LogP contribution in [-0.2, 0) is 19.1 Å². The Bertz CT molecular complexity index is 1330. The van der Waals surface area contributed by atoms with Crippen molar-refractivity contribution in [2.75, 3.05) is 45.3 Å². The first kappa shape index (κ1) is 25.1. The largest absolute Gasteiger partial charge is 0.477 e. The van der Waals surface area contributed by atoms with Gasteiger partial charge in [0.25, 0.3) is 0 Å². The number of halogens is 2. The first-order valence-electron chi connectivity index (χ1n) is 11.4. The van der Waals surface area contributed by atoms with Crippen molar-refractivity contribution in [3.8, 4) is 0 Å². The van der Waals surface area contributed by atoms with Gasteiger partial charge < -0.3 is 28.9 Å². The molecule has 1 aliphatic carbocycles. The number of esters is 2. The summed E-state index contributed by atoms with van der Waals surface area (Å²) in [5.41, 5.74) is -1.99. The number of rotatable bonds is 6. The fraction of sp³-hybridized carbons (Fsp3) is 0.417. The van der Waals surface area contributed by atoms with Crippen molar-refractivity contribution in [2.24, 2.45) is 0 Å². The first-order valence-corrected chi connectivity index (χ1v) is 11.4. The van der Waals surface area contributed by atoms with Gasteiger partial charge in [0.1, 0.15) is 22.8 Å². The summed E-state index contributed by atoms with van der Waals surface area (Å²) in [5.74, 6) is -4.91. The van der Waals surface area contributed by atoms with E-state index >= 15 is 8.78 Å². The quantitative estimate of drug-likeness (QED) is 0.465. The third-order valence-electron chi connectivity index (χ3n) is 6.67. The minimum absolute atomic E-state index is 0.0384. The zero-order valence-corrected chi connectivity index (χ0v) is 19.8. The second-order valence-electron chi connectivity index (χ2n) is 8.60. The van der Waals surface area contributed by atoms with Crippen LogP contribution < -0.4 is 10.3 Å². The number of carboxylic acid groups (broad SMARTS) is 1. The van der Waals surface area contributed by atoms with E-state index in [-0.39, 0.29) is 54.5 Å². The number of hydrogen-bond donors (Lipinski definition) is 1. The van der Waals surface area contributed by atoms with E-state index in [0.29, 0.717) is 12.8 Å². The Labute approximate surface area is 204 Å². The fourth-order valence-corrected chi connectivity index (χ4v) is 4.55. The third kappa shape index (κ3) is 4.38. The summed E-state index contributed by atoms with van der Waals surface area (Å²) in [4.78, 5) is 51.2. The highest BCUT2D eigenvalue weighted by atomic mass is 19.1. The predicted octanol–water partition coefficient (Wildman–Crippen LogP) is 2.05. The smallest absolute Gasteiger partial charge is 0.354 e. The summed E-state index contributed by atoms with van der Waals surface area (Å²) in [5, 5.41) is 9.11. The van der Waals surface area contributed by atoms with Gasteiger partial charge in [-0.2, -0.15) is 0 Å². The SMILES string of the molecule is COC(=O)/C=C(\C(=O)OC)N1CCN(c2c(F)cc3c(=O)c(C(=O)O)cn(C4CCC4)c3c2F)CC1. The molecule has 1 N–H and O–H groups in total. The van der Waals surface area contributed by atoms with Crippen LogP contribution in [0.4, 0.5) is 14.5 Å². The zero-order chi connectivity index (χ0) is 26.1. The van der Waals surface area contributed by atoms with Crippen molar-refractivity contribution in [1.29, 1.82) is 0 Å². The summed E-state index contributed by atoms with van der Waals surface area (Å²) in [6, 6.07) is 0.697. The van der Waals surface area contributed by atoms with Gasteiger partial charge in [-0.05, 0) is 25.3 Å². The molecule has 2 aliphatic rings. The number of fused-ring (bicyclic) bond motifs is 1. The van der Waals surface area contributed by atoms with Crippen molar-refractivity contribution in [3.05, 3.63) is 51.5 Å². The number of carboxylic acids is 1. The number of methoxy groups -OCH3 is 2. The van der Waals surface area contributed by atoms with Crippen LogP contribution in [0, 0.1) is 11.6 Å². The maximum absolute atomic E-state index is 15.9. The number of piperazine rings is 1. The Morgan fingerprint density at radius 1 is 1.08 bits per heavy atom. The first-order chi connectivity index (χ1) is 17.2. The van der Waals surface area contributed by atoms with Crippen LogP contribution in [0.3, 0.4) is 0 Å². The summed E-state index contributed by atoms with van der Waals surface area (Å²) in [6.45, 7) is 0.468. The molecule has 36 heavy (non-hydrogen) atoms. The molecule has 2 fully saturated rings. The van der Waals surface area contributed by atoms with Crippen molar-refractivity contribution in [2.45, 2.75) is 25.3 Å². The molecule has 0 atom stereocenters. The van der Waals surface area contributed by atoms with E-state index < -0.39 is 40.5 Å². The summed E-state index contributed by atoms with van der Waals surface area (Å²) in [7, 11) is 2.33. The maximum atomic E-state index is 15.9. The highest BCUT2D eigenvalue weighted by Gasteiger charge is 2.31. The van der Waals surface area contributed by atoms with Gasteiger partial charge in [-0.3, -0.25) is 4.79 Å². The van der Waals surface area contributed by atoms with Crippen LogP contribution in [0.15, 0.2) is 28.8 Å². The molecule has 192 valence electrons. The van der Waals surface area contributed by atoms with Gasteiger partial charge in [0.15, 0.2) is 5.82 Å². The molecule has 12 heteroatoms. The van der Waals surface area contributed by atoms with Crippen LogP contribution in [0.25, 0.3) is 10.9 Å². The lowest BCUT2D eigenvalue weighted by Gasteiger charge is -2.38. The number of ether oxygens (including phenoxy) is 2. The second-order valence-corrected chi connectivity index (χ2v) is 8.60. The third-order valence-corrected chi connectivity index (χ3v) is 6.67. The minimum atomic E-state index is -1.46. The van der Waals surface area contributed by atoms with Crippen LogP contribution in [0.1, 0.15) is 35.7 Å². The number of benzene rings is 1. The number of aromatic nitrogens is 1. The standard InChI is InChI=1S/C24H25F2N3O7/c1-35-18(30)11-17(24(34)36-2)27-6-8-28(9-7-27)21-16(25)10-14-20(19(21)26)29(13-4-3-5-13)12-15(22(14)31)23(32)33/h10-13H,3-9H2,1-2H3,(H,32,33)/b17-11+. The summed E-state index contributed by atoms with van der Waals surface area (Å²) >= 11 is 0. The Morgan fingerprint density at radius 3 is 2.28 bits per heavy atom. The Kier molecular flexibility index (Phi) is 6.95. The van der Waals surface area contributed by atoms with Gasteiger partial charge in [-0.1, -0.05) is 0 Å². The maximum Gasteiger partial charge on any atom is 0.354 e. The second kappa shape index (κ2) is 9.96. The molecule has 4 rings (SSSR count). The monoisotopic (exact) mass is 505 g/mol. The normalized spacial score (nSPS) is 16.6. The molecule has 0 spiro atoms. The lowest BCUT2D eigenvalue weighted by molar-refractivity contribution is -0.140. The lowest BCUT2D eigenvalue weighted by Crippen LogP contribution is -2.48. The van der Waals surface area contributed by atoms with Crippen molar-refractivity contribution in [1.82, 2.24) is 9.47 Å². The average molecular weight is 505 g/mol. The van der Waals surface area contributed by atoms with Gasteiger partial charge in [0.2, 0.25) is 5.43 Å². The van der Waals surface area contributed by atoms with Gasteiger partial charge in [0.05, 0.1) is 31.2 Å². The number of hydrogen-bond acceptors (Lipinski definition) is 8. The van der Waals surface area contributed by atoms with Gasteiger partial charge >= 0.3 is 17.9 Å². The van der Waals surface area contributed by atoms with E-state index in [2.05, 4.69) is 4.74 Å². The molecule has 10 nitrogen and oxygen atoms in total. The van der Waals surface area contributed by atoms with Crippen LogP contribution >= 0.6 is 0 Å². The minimum Gasteiger partial charge on any atom is -0.477 e. The number of anilines is 1. The molecule has 0 unspecified atom stereocenters. The number of nitrogens with zero attached hydrogens (tertiary/aromatic N) is 3. The topological polar surface area (TPSA) is 118 Å². The number of carbonyl (C=O) groups is 3. The molecule has 1 aromatic carbocycles. The Hall–Kier alpha value is -3.96. The van der Waals surface area contributed by atoms with Gasteiger partial charge in [0, 0.05) is 38.4 Å². The van der Waals surface area contributed by atoms with Gasteiger partial charge in [-0.25, -0.2) is 23.2 Å². The van der Waals surface area contributed by atoms with Crippen LogP contribution in [-0.4, -0.2) is 72.9 Å². The van der Waals surface area contributed by atoms with E-state index in [1.165, 1.54) is 23.7 Å². The molecule has 0 bridgehead atoms. The highest BCUT2D eigenvalue weighted by Crippen LogP contribution is 2.37. The van der Waals surface area contributed by atoms with E-state index in [0.717, 1.165) is 24.8 Å². The Balaban J connectivity index is 1.72. The predicted molar refractivity (Wildman–Crippen MR) is 124 cm³/mol. The average Bonchev–Trinajstić information content (AvgIpc) is 2.82. The van der Waals surface area contributed by atoms with E-state index in [1.54, 1.807) is 4.90 Å². The van der Waals surface area contributed by atoms with Crippen molar-refractivity contribution >= 4 is 34.5 Å². The molecule has 2 aromatic rings. The molecule has 1 aliphatic heterocycles. The number of aromatic carboxylic acids is 1. The van der Waals surface area contributed by atoms with Gasteiger partial charge in [-0.15, -0.1) is 0 Å². The molecule has 1 saturated heterocycles. The molecule has 1 aromatic heterocycles. The Morgan fingerprint density at radius 2 is 1.75 bits per heavy atom. The van der Waals surface area contributed by atoms with E-state index in [4.69, 9.17) is 4.74 Å². The molecular weight excluding hydrogens is 480 g/mol. The highest BCUT2D eigenvalue weighted by molar-refractivity contribution is 5.96. The zero-order valence-electron chi connectivity index (χ0n) is 19.8. The summed E-state index contributed by atoms with van der Waals surface area (Å²) < 4.78 is 41.9. The molecular formula is C24H25F2N3O7.